The molecule has 0 saturated carbocycles. The second-order valence-electron chi connectivity index (χ2n) is 8.22. The van der Waals surface area contributed by atoms with Crippen LogP contribution in [0.3, 0.4) is 0 Å². The summed E-state index contributed by atoms with van der Waals surface area (Å²) in [6, 6.07) is 14.0. The second-order valence-corrected chi connectivity index (χ2v) is 8.22. The van der Waals surface area contributed by atoms with Crippen molar-refractivity contribution < 1.29 is 19.1 Å². The Morgan fingerprint density at radius 1 is 1.06 bits per heavy atom. The number of ether oxygens (including phenoxy) is 1. The predicted molar refractivity (Wildman–Crippen MR) is 121 cm³/mol. The van der Waals surface area contributed by atoms with Crippen molar-refractivity contribution in [2.75, 3.05) is 25.1 Å². The summed E-state index contributed by atoms with van der Waals surface area (Å²) in [7, 11) is 1.59. The summed E-state index contributed by atoms with van der Waals surface area (Å²) in [4.78, 5) is 41.2. The summed E-state index contributed by atoms with van der Waals surface area (Å²) < 4.78 is 5.30. The third-order valence-electron chi connectivity index (χ3n) is 6.05. The Morgan fingerprint density at radius 2 is 1.75 bits per heavy atom. The molecule has 0 unspecified atom stereocenters. The molecule has 0 atom stereocenters. The first-order valence-electron chi connectivity index (χ1n) is 10.8. The Hall–Kier alpha value is -3.61. The van der Waals surface area contributed by atoms with E-state index in [4.69, 9.17) is 4.74 Å². The number of rotatable bonds is 6. The highest BCUT2D eigenvalue weighted by Crippen LogP contribution is 2.28. The van der Waals surface area contributed by atoms with Gasteiger partial charge in [-0.1, -0.05) is 25.1 Å². The molecule has 166 valence electrons. The van der Waals surface area contributed by atoms with Crippen molar-refractivity contribution in [3.63, 3.8) is 0 Å². The smallest absolute Gasteiger partial charge is 0.281 e. The van der Waals surface area contributed by atoms with Crippen LogP contribution in [-0.2, 0) is 16.1 Å². The van der Waals surface area contributed by atoms with Gasteiger partial charge >= 0.3 is 0 Å². The van der Waals surface area contributed by atoms with Crippen LogP contribution in [0.5, 0.6) is 5.75 Å². The number of hydrogen-bond donors (Lipinski definition) is 1. The molecule has 2 aliphatic rings. The van der Waals surface area contributed by atoms with E-state index < -0.39 is 0 Å². The van der Waals surface area contributed by atoms with Gasteiger partial charge in [-0.3, -0.25) is 14.4 Å². The molecule has 0 bridgehead atoms. The Labute approximate surface area is 187 Å². The molecule has 32 heavy (non-hydrogen) atoms. The minimum absolute atomic E-state index is 0.247. The lowest BCUT2D eigenvalue weighted by atomic mass is 9.99. The maximum atomic E-state index is 12.9. The molecule has 0 radical (unpaired) electrons. The van der Waals surface area contributed by atoms with Gasteiger partial charge in [0.15, 0.2) is 0 Å². The van der Waals surface area contributed by atoms with Crippen LogP contribution in [0, 0.1) is 5.92 Å². The molecule has 3 amide bonds. The molecule has 7 nitrogen and oxygen atoms in total. The maximum Gasteiger partial charge on any atom is 0.281 e. The Bertz CT molecular complexity index is 1050. The van der Waals surface area contributed by atoms with Crippen LogP contribution in [0.15, 0.2) is 60.3 Å². The van der Waals surface area contributed by atoms with E-state index in [1.54, 1.807) is 31.4 Å². The normalized spacial score (nSPS) is 16.9. The molecule has 2 aromatic rings. The van der Waals surface area contributed by atoms with E-state index in [0.29, 0.717) is 35.2 Å². The number of nitrogens with zero attached hydrogens (tertiary/aromatic N) is 2. The van der Waals surface area contributed by atoms with Gasteiger partial charge in [0.25, 0.3) is 17.7 Å². The summed E-state index contributed by atoms with van der Waals surface area (Å²) in [6.07, 6.45) is 3.45. The zero-order chi connectivity index (χ0) is 22.7. The van der Waals surface area contributed by atoms with Crippen molar-refractivity contribution in [1.29, 1.82) is 0 Å². The Kier molecular flexibility index (Phi) is 6.25. The molecule has 4 rings (SSSR count). The number of carbonyl (C=O) groups excluding carboxylic acids is 3. The van der Waals surface area contributed by atoms with E-state index in [2.05, 4.69) is 12.2 Å². The van der Waals surface area contributed by atoms with Gasteiger partial charge in [-0.25, -0.2) is 4.90 Å². The summed E-state index contributed by atoms with van der Waals surface area (Å²) in [5.41, 5.74) is 2.23. The van der Waals surface area contributed by atoms with Crippen LogP contribution in [0.1, 0.15) is 35.7 Å². The van der Waals surface area contributed by atoms with Crippen molar-refractivity contribution in [2.45, 2.75) is 26.3 Å². The second kappa shape index (κ2) is 9.26. The van der Waals surface area contributed by atoms with Crippen molar-refractivity contribution in [3.8, 4) is 5.75 Å². The minimum Gasteiger partial charge on any atom is -0.496 e. The minimum atomic E-state index is -0.350. The van der Waals surface area contributed by atoms with Gasteiger partial charge in [0.05, 0.1) is 12.8 Å². The number of imide groups is 1. The van der Waals surface area contributed by atoms with Gasteiger partial charge in [-0.15, -0.1) is 0 Å². The average molecular weight is 434 g/mol. The molecule has 0 spiro atoms. The molecular weight excluding hydrogens is 406 g/mol. The molecule has 7 heteroatoms. The van der Waals surface area contributed by atoms with Gasteiger partial charge in [0, 0.05) is 36.8 Å². The van der Waals surface area contributed by atoms with Crippen LogP contribution in [0.4, 0.5) is 5.69 Å². The quantitative estimate of drug-likeness (QED) is 0.709. The first-order chi connectivity index (χ1) is 15.5. The van der Waals surface area contributed by atoms with Crippen molar-refractivity contribution >= 4 is 23.4 Å². The van der Waals surface area contributed by atoms with E-state index in [1.807, 2.05) is 29.2 Å². The zero-order valence-electron chi connectivity index (χ0n) is 18.3. The van der Waals surface area contributed by atoms with Gasteiger partial charge in [0.1, 0.15) is 11.4 Å². The van der Waals surface area contributed by atoms with Gasteiger partial charge < -0.3 is 15.0 Å². The number of carbonyl (C=O) groups is 3. The van der Waals surface area contributed by atoms with Crippen LogP contribution in [-0.4, -0.2) is 42.8 Å². The lowest BCUT2D eigenvalue weighted by Gasteiger charge is -2.32. The number of likely N-dealkylation sites (tertiary alicyclic amines) is 1. The van der Waals surface area contributed by atoms with E-state index in [0.717, 1.165) is 31.5 Å². The summed E-state index contributed by atoms with van der Waals surface area (Å²) in [5.74, 6) is 0.440. The lowest BCUT2D eigenvalue weighted by Crippen LogP contribution is -2.38. The van der Waals surface area contributed by atoms with Crippen molar-refractivity contribution in [2.24, 2.45) is 5.92 Å². The first kappa shape index (κ1) is 21.6. The van der Waals surface area contributed by atoms with Crippen LogP contribution < -0.4 is 15.0 Å². The highest BCUT2D eigenvalue weighted by molar-refractivity contribution is 6.30. The van der Waals surface area contributed by atoms with Gasteiger partial charge in [-0.2, -0.15) is 0 Å². The third kappa shape index (κ3) is 4.37. The summed E-state index contributed by atoms with van der Waals surface area (Å²) >= 11 is 0. The molecule has 0 aliphatic carbocycles. The molecule has 1 N–H and O–H groups in total. The van der Waals surface area contributed by atoms with E-state index in [-0.39, 0.29) is 17.7 Å². The van der Waals surface area contributed by atoms with E-state index in [1.165, 1.54) is 11.0 Å². The van der Waals surface area contributed by atoms with Crippen LogP contribution in [0.2, 0.25) is 0 Å². The van der Waals surface area contributed by atoms with Crippen LogP contribution in [0.25, 0.3) is 0 Å². The van der Waals surface area contributed by atoms with Gasteiger partial charge in [-0.05, 0) is 49.1 Å². The molecular formula is C25H27N3O4. The number of piperidine rings is 1. The Balaban J connectivity index is 1.40. The van der Waals surface area contributed by atoms with Gasteiger partial charge in [0.2, 0.25) is 0 Å². The fourth-order valence-corrected chi connectivity index (χ4v) is 4.07. The highest BCUT2D eigenvalue weighted by Gasteiger charge is 2.36. The molecule has 0 aromatic heterocycles. The predicted octanol–water partition coefficient (Wildman–Crippen LogP) is 3.11. The third-order valence-corrected chi connectivity index (χ3v) is 6.05. The topological polar surface area (TPSA) is 79.0 Å². The first-order valence-corrected chi connectivity index (χ1v) is 10.8. The summed E-state index contributed by atoms with van der Waals surface area (Å²) in [6.45, 7) is 4.10. The molecule has 2 aliphatic heterocycles. The molecule has 2 heterocycles. The standard InChI is InChI=1S/C25H27N3O4/c1-17-11-13-27(14-12-17)21-15-23(29)28(25(21)31)20-9-7-18(8-10-20)24(30)26-16-19-5-3-4-6-22(19)32-2/h3-10,15,17H,11-14,16H2,1-2H3,(H,26,30). The van der Waals surface area contributed by atoms with E-state index in [9.17, 15) is 14.4 Å². The SMILES string of the molecule is COc1ccccc1CNC(=O)c1ccc(N2C(=O)C=C(N3CCC(C)CC3)C2=O)cc1. The monoisotopic (exact) mass is 433 g/mol. The number of para-hydroxylation sites is 1. The molecule has 1 fully saturated rings. The lowest BCUT2D eigenvalue weighted by molar-refractivity contribution is -0.121. The Morgan fingerprint density at radius 3 is 2.44 bits per heavy atom. The maximum absolute atomic E-state index is 12.9. The molecule has 2 aromatic carbocycles. The zero-order valence-corrected chi connectivity index (χ0v) is 18.3. The molecule has 1 saturated heterocycles. The average Bonchev–Trinajstić information content (AvgIpc) is 3.12. The van der Waals surface area contributed by atoms with Crippen LogP contribution >= 0.6 is 0 Å². The van der Waals surface area contributed by atoms with E-state index >= 15 is 0 Å². The van der Waals surface area contributed by atoms with Crippen molar-refractivity contribution in [1.82, 2.24) is 10.2 Å². The number of benzene rings is 2. The largest absolute Gasteiger partial charge is 0.496 e. The van der Waals surface area contributed by atoms with Crippen molar-refractivity contribution in [3.05, 3.63) is 71.4 Å². The number of nitrogens with one attached hydrogen (secondary N) is 1. The number of anilines is 1. The number of methoxy groups -OCH3 is 1. The number of hydrogen-bond acceptors (Lipinski definition) is 5. The number of amides is 3. The highest BCUT2D eigenvalue weighted by atomic mass is 16.5. The fraction of sp³-hybridized carbons (Fsp3) is 0.320. The summed E-state index contributed by atoms with van der Waals surface area (Å²) in [5, 5.41) is 2.87. The fourth-order valence-electron chi connectivity index (χ4n) is 4.07.